The van der Waals surface area contributed by atoms with Gasteiger partial charge in [0.25, 0.3) is 0 Å². The molecule has 2 aliphatic rings. The van der Waals surface area contributed by atoms with Crippen molar-refractivity contribution in [1.82, 2.24) is 4.57 Å². The van der Waals surface area contributed by atoms with Crippen molar-refractivity contribution in [3.8, 4) is 6.07 Å². The first-order valence-corrected chi connectivity index (χ1v) is 9.05. The molecule has 4 rings (SSSR count). The zero-order valence-electron chi connectivity index (χ0n) is 14.6. The second-order valence-corrected chi connectivity index (χ2v) is 8.61. The number of rotatable bonds is 0. The van der Waals surface area contributed by atoms with Crippen LogP contribution in [-0.2, 0) is 20.5 Å². The first-order chi connectivity index (χ1) is 12.2. The van der Waals surface area contributed by atoms with Crippen molar-refractivity contribution in [2.45, 2.75) is 38.1 Å². The van der Waals surface area contributed by atoms with Crippen molar-refractivity contribution in [2.75, 3.05) is 10.6 Å². The number of anilines is 2. The Morgan fingerprint density at radius 3 is 2.65 bits per heavy atom. The van der Waals surface area contributed by atoms with E-state index in [4.69, 9.17) is 0 Å². The molecular formula is C19H17BrN4O2. The lowest BCUT2D eigenvalue weighted by atomic mass is 9.70. The molecule has 0 saturated carbocycles. The molecule has 26 heavy (non-hydrogen) atoms. The number of nitriles is 1. The second-order valence-electron chi connectivity index (χ2n) is 7.69. The molecule has 6 nitrogen and oxygen atoms in total. The number of hydrogen-bond acceptors (Lipinski definition) is 3. The van der Waals surface area contributed by atoms with Gasteiger partial charge in [-0.1, -0.05) is 15.9 Å². The number of hydrogen-bond donors (Lipinski definition) is 2. The van der Waals surface area contributed by atoms with Gasteiger partial charge in [0.1, 0.15) is 17.3 Å². The summed E-state index contributed by atoms with van der Waals surface area (Å²) in [5.74, 6) is 0.00620. The Kier molecular flexibility index (Phi) is 3.38. The molecular weight excluding hydrogens is 396 g/mol. The normalized spacial score (nSPS) is 21.0. The fraction of sp³-hybridized carbons (Fsp3) is 0.316. The van der Waals surface area contributed by atoms with Gasteiger partial charge in [-0.3, -0.25) is 9.59 Å². The molecule has 132 valence electrons. The number of carbonyl (C=O) groups excluding carboxylic acids is 2. The van der Waals surface area contributed by atoms with Crippen LogP contribution >= 0.6 is 15.9 Å². The highest BCUT2D eigenvalue weighted by atomic mass is 79.9. The van der Waals surface area contributed by atoms with Gasteiger partial charge in [-0.25, -0.2) is 0 Å². The standard InChI is InChI=1S/C19H17BrN4O2/c1-18(2,3)24-9-10(8-21)15-16(24)23-14(25)7-19(15)12-6-11(20)4-5-13(12)22-17(19)26/h4-6,9H,7H2,1-3H3,(H,22,26)(H,23,25). The number of benzene rings is 1. The van der Waals surface area contributed by atoms with Gasteiger partial charge >= 0.3 is 0 Å². The van der Waals surface area contributed by atoms with Gasteiger partial charge in [0, 0.05) is 33.9 Å². The lowest BCUT2D eigenvalue weighted by Gasteiger charge is -2.34. The van der Waals surface area contributed by atoms with Crippen molar-refractivity contribution in [3.63, 3.8) is 0 Å². The molecule has 0 aliphatic carbocycles. The van der Waals surface area contributed by atoms with E-state index in [2.05, 4.69) is 32.6 Å². The van der Waals surface area contributed by atoms with E-state index in [1.165, 1.54) is 0 Å². The molecule has 2 aliphatic heterocycles. The molecule has 7 heteroatoms. The summed E-state index contributed by atoms with van der Waals surface area (Å²) in [6.45, 7) is 5.96. The van der Waals surface area contributed by atoms with E-state index in [0.29, 0.717) is 22.6 Å². The average Bonchev–Trinajstić information content (AvgIpc) is 3.05. The minimum Gasteiger partial charge on any atom is -0.328 e. The van der Waals surface area contributed by atoms with Crippen molar-refractivity contribution in [3.05, 3.63) is 45.6 Å². The molecule has 0 fully saturated rings. The molecule has 2 aromatic rings. The third kappa shape index (κ3) is 2.08. The topological polar surface area (TPSA) is 86.9 Å². The molecule has 0 radical (unpaired) electrons. The molecule has 1 aromatic heterocycles. The highest BCUT2D eigenvalue weighted by Gasteiger charge is 2.55. The van der Waals surface area contributed by atoms with Crippen molar-refractivity contribution < 1.29 is 9.59 Å². The van der Waals surface area contributed by atoms with E-state index < -0.39 is 5.41 Å². The molecule has 1 aromatic carbocycles. The summed E-state index contributed by atoms with van der Waals surface area (Å²) < 4.78 is 2.68. The molecule has 1 spiro atoms. The Morgan fingerprint density at radius 2 is 2.00 bits per heavy atom. The summed E-state index contributed by atoms with van der Waals surface area (Å²) in [5, 5.41) is 15.5. The largest absolute Gasteiger partial charge is 0.328 e. The van der Waals surface area contributed by atoms with Crippen LogP contribution in [0.4, 0.5) is 11.5 Å². The molecule has 1 atom stereocenters. The summed E-state index contributed by atoms with van der Waals surface area (Å²) in [4.78, 5) is 25.7. The van der Waals surface area contributed by atoms with Crippen LogP contribution in [0.15, 0.2) is 28.9 Å². The smallest absolute Gasteiger partial charge is 0.240 e. The summed E-state index contributed by atoms with van der Waals surface area (Å²) in [7, 11) is 0. The first kappa shape index (κ1) is 16.9. The maximum absolute atomic E-state index is 13.1. The van der Waals surface area contributed by atoms with Gasteiger partial charge in [0.2, 0.25) is 11.8 Å². The van der Waals surface area contributed by atoms with Crippen LogP contribution in [0.25, 0.3) is 0 Å². The van der Waals surface area contributed by atoms with Gasteiger partial charge in [-0.05, 0) is 44.5 Å². The quantitative estimate of drug-likeness (QED) is 0.694. The van der Waals surface area contributed by atoms with E-state index >= 15 is 0 Å². The van der Waals surface area contributed by atoms with Crippen LogP contribution in [0.1, 0.15) is 43.9 Å². The third-order valence-electron chi connectivity index (χ3n) is 5.04. The fourth-order valence-electron chi connectivity index (χ4n) is 3.93. The van der Waals surface area contributed by atoms with Gasteiger partial charge in [0.15, 0.2) is 0 Å². The number of carbonyl (C=O) groups is 2. The molecule has 0 bridgehead atoms. The predicted molar refractivity (Wildman–Crippen MR) is 101 cm³/mol. The number of fused-ring (bicyclic) bond motifs is 4. The number of nitrogens with zero attached hydrogens (tertiary/aromatic N) is 2. The lowest BCUT2D eigenvalue weighted by molar-refractivity contribution is -0.125. The van der Waals surface area contributed by atoms with Crippen LogP contribution in [0.3, 0.4) is 0 Å². The SMILES string of the molecule is CC(C)(C)n1cc(C#N)c2c1NC(=O)CC21C(=O)Nc2ccc(Br)cc21. The van der Waals surface area contributed by atoms with Crippen molar-refractivity contribution in [2.24, 2.45) is 0 Å². The Hall–Kier alpha value is -2.59. The number of halogens is 1. The Bertz CT molecular complexity index is 1030. The molecule has 3 heterocycles. The molecule has 1 unspecified atom stereocenters. The molecule has 2 N–H and O–H groups in total. The van der Waals surface area contributed by atoms with Crippen LogP contribution in [-0.4, -0.2) is 16.4 Å². The van der Waals surface area contributed by atoms with E-state index in [1.54, 1.807) is 6.20 Å². The number of aromatic nitrogens is 1. The zero-order valence-corrected chi connectivity index (χ0v) is 16.2. The van der Waals surface area contributed by atoms with Gasteiger partial charge in [-0.2, -0.15) is 5.26 Å². The van der Waals surface area contributed by atoms with E-state index in [0.717, 1.165) is 10.0 Å². The summed E-state index contributed by atoms with van der Waals surface area (Å²) in [6, 6.07) is 7.72. The van der Waals surface area contributed by atoms with Crippen LogP contribution in [0.5, 0.6) is 0 Å². The highest BCUT2D eigenvalue weighted by Crippen LogP contribution is 2.52. The van der Waals surface area contributed by atoms with Gasteiger partial charge in [-0.15, -0.1) is 0 Å². The van der Waals surface area contributed by atoms with Crippen molar-refractivity contribution >= 4 is 39.2 Å². The van der Waals surface area contributed by atoms with E-state index in [1.807, 2.05) is 43.5 Å². The van der Waals surface area contributed by atoms with E-state index in [-0.39, 0.29) is 23.8 Å². The van der Waals surface area contributed by atoms with Crippen LogP contribution < -0.4 is 10.6 Å². The first-order valence-electron chi connectivity index (χ1n) is 8.26. The minimum atomic E-state index is -1.20. The maximum Gasteiger partial charge on any atom is 0.240 e. The van der Waals surface area contributed by atoms with Gasteiger partial charge in [0.05, 0.1) is 5.56 Å². The monoisotopic (exact) mass is 412 g/mol. The van der Waals surface area contributed by atoms with Gasteiger partial charge < -0.3 is 15.2 Å². The minimum absolute atomic E-state index is 0.0296. The third-order valence-corrected chi connectivity index (χ3v) is 5.53. The van der Waals surface area contributed by atoms with Crippen molar-refractivity contribution in [1.29, 1.82) is 5.26 Å². The number of amides is 2. The van der Waals surface area contributed by atoms with Crippen LogP contribution in [0, 0.1) is 11.3 Å². The van der Waals surface area contributed by atoms with E-state index in [9.17, 15) is 14.9 Å². The average molecular weight is 413 g/mol. The lowest BCUT2D eigenvalue weighted by Crippen LogP contribution is -2.44. The Morgan fingerprint density at radius 1 is 1.27 bits per heavy atom. The highest BCUT2D eigenvalue weighted by molar-refractivity contribution is 9.10. The Labute approximate surface area is 159 Å². The second kappa shape index (κ2) is 5.21. The molecule has 0 saturated heterocycles. The molecule has 2 amide bonds. The zero-order chi connectivity index (χ0) is 18.9. The predicted octanol–water partition coefficient (Wildman–Crippen LogP) is 3.46. The van der Waals surface area contributed by atoms with Crippen LogP contribution in [0.2, 0.25) is 0 Å². The maximum atomic E-state index is 13.1. The summed E-state index contributed by atoms with van der Waals surface area (Å²) >= 11 is 3.45. The number of nitrogens with one attached hydrogen (secondary N) is 2. The fourth-order valence-corrected chi connectivity index (χ4v) is 4.29. The summed E-state index contributed by atoms with van der Waals surface area (Å²) in [6.07, 6.45) is 1.69. The summed E-state index contributed by atoms with van der Waals surface area (Å²) in [5.41, 5.74) is 0.808. The Balaban J connectivity index is 2.12.